The lowest BCUT2D eigenvalue weighted by atomic mass is 9.72. The molecule has 0 saturated heterocycles. The molecule has 14 nitrogen and oxygen atoms in total. The van der Waals surface area contributed by atoms with E-state index >= 15 is 0 Å². The maximum absolute atomic E-state index is 14.6. The summed E-state index contributed by atoms with van der Waals surface area (Å²) < 4.78 is 33.7. The van der Waals surface area contributed by atoms with Gasteiger partial charge in [-0.25, -0.2) is 0 Å². The predicted molar refractivity (Wildman–Crippen MR) is 156 cm³/mol. The van der Waals surface area contributed by atoms with E-state index in [2.05, 4.69) is 6.58 Å². The van der Waals surface area contributed by atoms with Gasteiger partial charge in [0, 0.05) is 64.9 Å². The van der Waals surface area contributed by atoms with Crippen molar-refractivity contribution in [3.8, 4) is 0 Å². The van der Waals surface area contributed by atoms with Gasteiger partial charge in [0.25, 0.3) is 0 Å². The Balaban J connectivity index is 3.21. The molecule has 8 atom stereocenters. The maximum atomic E-state index is 14.6. The molecular weight excluding hydrogens is 608 g/mol. The van der Waals surface area contributed by atoms with Crippen LogP contribution in [0.5, 0.6) is 0 Å². The third-order valence-electron chi connectivity index (χ3n) is 7.81. The fourth-order valence-electron chi connectivity index (χ4n) is 6.20. The highest BCUT2D eigenvalue weighted by Gasteiger charge is 2.72. The molecule has 1 fully saturated rings. The van der Waals surface area contributed by atoms with Crippen LogP contribution in [0.2, 0.25) is 0 Å². The fraction of sp³-hybridized carbons (Fsp3) is 0.625. The number of hydrogen-bond donors (Lipinski definition) is 0. The van der Waals surface area contributed by atoms with Gasteiger partial charge in [-0.05, 0) is 20.8 Å². The first-order valence-corrected chi connectivity index (χ1v) is 14.5. The van der Waals surface area contributed by atoms with E-state index in [9.17, 15) is 38.4 Å². The average molecular weight is 651 g/mol. The summed E-state index contributed by atoms with van der Waals surface area (Å²) in [7, 11) is 0. The second-order valence-electron chi connectivity index (χ2n) is 12.4. The van der Waals surface area contributed by atoms with Crippen LogP contribution in [-0.4, -0.2) is 83.0 Å². The summed E-state index contributed by atoms with van der Waals surface area (Å²) in [5.74, 6) is -9.97. The molecule has 0 radical (unpaired) electrons. The van der Waals surface area contributed by atoms with Gasteiger partial charge < -0.3 is 28.4 Å². The van der Waals surface area contributed by atoms with Crippen molar-refractivity contribution in [1.82, 2.24) is 0 Å². The Morgan fingerprint density at radius 3 is 1.59 bits per heavy atom. The lowest BCUT2D eigenvalue weighted by Gasteiger charge is -2.42. The van der Waals surface area contributed by atoms with Crippen molar-refractivity contribution in [3.05, 3.63) is 24.3 Å². The Hall–Kier alpha value is -4.36. The molecule has 0 aliphatic heterocycles. The standard InChI is InChI=1S/C32H42O14/c1-15-12-13-30(9,10)28(40)26(43-19(5)35)25(42-18(4)34)16(2)24(41-17(3)33)23-29(44-20(6)36)31(11,45-21(7)37)14-32(23,27(15)39)46-22(8)38/h12-13,15,23-26,29H,2,14H2,1,3-11H3/b13-12+/t15-,23+,24+,25+,26-,29-,31-,32-/m1/s1. The van der Waals surface area contributed by atoms with Gasteiger partial charge in [0.15, 0.2) is 35.0 Å². The number of esters is 6. The molecule has 2 rings (SSSR count). The number of ether oxygens (including phenoxy) is 6. The van der Waals surface area contributed by atoms with Crippen molar-refractivity contribution in [2.24, 2.45) is 17.3 Å². The summed E-state index contributed by atoms with van der Waals surface area (Å²) in [6.45, 7) is 15.9. The predicted octanol–water partition coefficient (Wildman–Crippen LogP) is 2.28. The first-order chi connectivity index (χ1) is 21.0. The number of carbonyl (C=O) groups excluding carboxylic acids is 8. The van der Waals surface area contributed by atoms with Crippen molar-refractivity contribution in [1.29, 1.82) is 0 Å². The van der Waals surface area contributed by atoms with E-state index in [0.717, 1.165) is 41.5 Å². The number of ketones is 2. The Kier molecular flexibility index (Phi) is 11.5. The third-order valence-corrected chi connectivity index (χ3v) is 7.81. The van der Waals surface area contributed by atoms with E-state index in [4.69, 9.17) is 28.4 Å². The molecule has 0 amide bonds. The SMILES string of the molecule is C=C1[C@H](OC(C)=O)[C@H]2[C@@H](OC(C)=O)[C@](C)(OC(C)=O)C[C@]2(OC(C)=O)C(=O)[C@H](C)/C=C/C(C)(C)C(=O)[C@H](OC(C)=O)[C@H]1OC(C)=O. The number of carbonyl (C=O) groups is 8. The van der Waals surface area contributed by atoms with Gasteiger partial charge in [-0.2, -0.15) is 0 Å². The van der Waals surface area contributed by atoms with Crippen molar-refractivity contribution >= 4 is 47.4 Å². The van der Waals surface area contributed by atoms with E-state index < -0.39 is 112 Å². The number of fused-ring (bicyclic) bond motifs is 1. The number of hydrogen-bond acceptors (Lipinski definition) is 14. The normalized spacial score (nSPS) is 33.2. The molecule has 2 aliphatic carbocycles. The zero-order chi connectivity index (χ0) is 35.5. The highest BCUT2D eigenvalue weighted by Crippen LogP contribution is 2.54. The molecule has 2 aliphatic rings. The molecule has 0 heterocycles. The minimum Gasteiger partial charge on any atom is -0.458 e. The Morgan fingerprint density at radius 1 is 0.674 bits per heavy atom. The second-order valence-corrected chi connectivity index (χ2v) is 12.4. The largest absolute Gasteiger partial charge is 0.458 e. The molecule has 0 unspecified atom stereocenters. The first kappa shape index (κ1) is 37.8. The molecule has 254 valence electrons. The number of rotatable bonds is 6. The minimum atomic E-state index is -2.34. The first-order valence-electron chi connectivity index (χ1n) is 14.5. The smallest absolute Gasteiger partial charge is 0.303 e. The van der Waals surface area contributed by atoms with Gasteiger partial charge in [-0.15, -0.1) is 0 Å². The lowest BCUT2D eigenvalue weighted by Crippen LogP contribution is -2.58. The minimum absolute atomic E-state index is 0.392. The quantitative estimate of drug-likeness (QED) is 0.231. The van der Waals surface area contributed by atoms with Gasteiger partial charge in [0.05, 0.1) is 5.92 Å². The fourth-order valence-corrected chi connectivity index (χ4v) is 6.20. The summed E-state index contributed by atoms with van der Waals surface area (Å²) in [5, 5.41) is 0. The van der Waals surface area contributed by atoms with Crippen LogP contribution in [0.3, 0.4) is 0 Å². The average Bonchev–Trinajstić information content (AvgIpc) is 3.11. The van der Waals surface area contributed by atoms with Crippen molar-refractivity contribution in [2.45, 2.75) is 111 Å². The number of allylic oxidation sites excluding steroid dienone is 2. The van der Waals surface area contributed by atoms with Crippen LogP contribution in [0.25, 0.3) is 0 Å². The summed E-state index contributed by atoms with van der Waals surface area (Å²) in [6.07, 6.45) is -5.02. The Labute approximate surface area is 267 Å². The van der Waals surface area contributed by atoms with Gasteiger partial charge in [-0.3, -0.25) is 38.4 Å². The lowest BCUT2D eigenvalue weighted by molar-refractivity contribution is -0.191. The molecule has 0 N–H and O–H groups in total. The molecule has 14 heteroatoms. The zero-order valence-corrected chi connectivity index (χ0v) is 27.7. The highest BCUT2D eigenvalue weighted by molar-refractivity contribution is 5.95. The summed E-state index contributed by atoms with van der Waals surface area (Å²) in [5.41, 5.74) is -6.07. The van der Waals surface area contributed by atoms with Crippen molar-refractivity contribution in [2.75, 3.05) is 0 Å². The van der Waals surface area contributed by atoms with E-state index in [0.29, 0.717) is 0 Å². The molecular formula is C32H42O14. The highest BCUT2D eigenvalue weighted by atomic mass is 16.6. The Morgan fingerprint density at radius 2 is 1.13 bits per heavy atom. The molecule has 46 heavy (non-hydrogen) atoms. The van der Waals surface area contributed by atoms with Crippen LogP contribution < -0.4 is 0 Å². The van der Waals surface area contributed by atoms with Crippen LogP contribution in [-0.2, 0) is 66.8 Å². The molecule has 0 aromatic rings. The zero-order valence-electron chi connectivity index (χ0n) is 27.7. The molecule has 0 spiro atoms. The summed E-state index contributed by atoms with van der Waals surface area (Å²) in [6, 6.07) is 0. The van der Waals surface area contributed by atoms with Gasteiger partial charge in [0.2, 0.25) is 6.10 Å². The molecule has 0 aromatic carbocycles. The molecule has 0 bridgehead atoms. The maximum Gasteiger partial charge on any atom is 0.303 e. The molecule has 0 aromatic heterocycles. The van der Waals surface area contributed by atoms with Gasteiger partial charge >= 0.3 is 35.8 Å². The van der Waals surface area contributed by atoms with Crippen molar-refractivity contribution in [3.63, 3.8) is 0 Å². The monoisotopic (exact) mass is 650 g/mol. The van der Waals surface area contributed by atoms with Gasteiger partial charge in [-0.1, -0.05) is 25.7 Å². The van der Waals surface area contributed by atoms with Crippen LogP contribution in [0, 0.1) is 17.3 Å². The van der Waals surface area contributed by atoms with Crippen LogP contribution in [0.15, 0.2) is 24.3 Å². The topological polar surface area (TPSA) is 192 Å². The summed E-state index contributed by atoms with van der Waals surface area (Å²) >= 11 is 0. The third kappa shape index (κ3) is 8.07. The van der Waals surface area contributed by atoms with Crippen LogP contribution in [0.4, 0.5) is 0 Å². The van der Waals surface area contributed by atoms with E-state index in [1.54, 1.807) is 0 Å². The van der Waals surface area contributed by atoms with Crippen LogP contribution >= 0.6 is 0 Å². The van der Waals surface area contributed by atoms with Crippen molar-refractivity contribution < 1.29 is 66.8 Å². The van der Waals surface area contributed by atoms with Gasteiger partial charge in [0.1, 0.15) is 6.10 Å². The van der Waals surface area contributed by atoms with E-state index in [-0.39, 0.29) is 0 Å². The second kappa shape index (κ2) is 14.0. The molecule has 1 saturated carbocycles. The summed E-state index contributed by atoms with van der Waals surface area (Å²) in [4.78, 5) is 104. The van der Waals surface area contributed by atoms with Crippen LogP contribution in [0.1, 0.15) is 75.7 Å². The van der Waals surface area contributed by atoms with E-state index in [1.807, 2.05) is 0 Å². The number of Topliss-reactive ketones (excluding diaryl/α,β-unsaturated/α-hetero) is 2. The van der Waals surface area contributed by atoms with E-state index in [1.165, 1.54) is 39.8 Å². The Bertz CT molecular complexity index is 1360.